The van der Waals surface area contributed by atoms with Gasteiger partial charge in [0.15, 0.2) is 5.11 Å². The Morgan fingerprint density at radius 1 is 1.25 bits per heavy atom. The van der Waals surface area contributed by atoms with E-state index in [1.807, 2.05) is 55.5 Å². The summed E-state index contributed by atoms with van der Waals surface area (Å²) in [5, 5.41) is 4.69. The molecule has 1 N–H and O–H groups in total. The SMILES string of the molecule is COC(=O)CCCN1C(=S)N[C@@H](c2ccccn2)[C@@H]1c1ccc(-c2cccc(Cl)c2C)o1. The number of rotatable bonds is 7. The number of ether oxygens (including phenoxy) is 1. The maximum atomic E-state index is 11.6. The lowest BCUT2D eigenvalue weighted by molar-refractivity contribution is -0.140. The molecule has 32 heavy (non-hydrogen) atoms. The fraction of sp³-hybridized carbons (Fsp3) is 0.292. The van der Waals surface area contributed by atoms with Crippen LogP contribution in [0.3, 0.4) is 0 Å². The number of aromatic nitrogens is 1. The van der Waals surface area contributed by atoms with Crippen molar-refractivity contribution in [1.82, 2.24) is 15.2 Å². The largest absolute Gasteiger partial charge is 0.469 e. The van der Waals surface area contributed by atoms with Gasteiger partial charge in [-0.3, -0.25) is 9.78 Å². The van der Waals surface area contributed by atoms with Crippen LogP contribution in [0.15, 0.2) is 59.1 Å². The van der Waals surface area contributed by atoms with Crippen LogP contribution in [-0.2, 0) is 9.53 Å². The quantitative estimate of drug-likeness (QED) is 0.375. The number of methoxy groups -OCH3 is 1. The molecule has 1 saturated heterocycles. The molecule has 0 amide bonds. The van der Waals surface area contributed by atoms with Crippen molar-refractivity contribution in [3.8, 4) is 11.3 Å². The Morgan fingerprint density at radius 2 is 2.09 bits per heavy atom. The first kappa shape index (κ1) is 22.3. The minimum Gasteiger partial charge on any atom is -0.469 e. The van der Waals surface area contributed by atoms with Crippen molar-refractivity contribution >= 4 is 34.9 Å². The summed E-state index contributed by atoms with van der Waals surface area (Å²) in [6.07, 6.45) is 2.70. The van der Waals surface area contributed by atoms with Crippen LogP contribution in [0.1, 0.15) is 41.9 Å². The van der Waals surface area contributed by atoms with E-state index in [1.54, 1.807) is 6.20 Å². The number of carbonyl (C=O) groups excluding carboxylic acids is 1. The molecule has 2 atom stereocenters. The second kappa shape index (κ2) is 9.71. The summed E-state index contributed by atoms with van der Waals surface area (Å²) in [6, 6.07) is 15.1. The molecule has 3 heterocycles. The smallest absolute Gasteiger partial charge is 0.305 e. The van der Waals surface area contributed by atoms with Crippen LogP contribution in [-0.4, -0.2) is 34.6 Å². The highest BCUT2D eigenvalue weighted by atomic mass is 35.5. The van der Waals surface area contributed by atoms with E-state index in [4.69, 9.17) is 33.0 Å². The van der Waals surface area contributed by atoms with Gasteiger partial charge in [-0.25, -0.2) is 0 Å². The Bertz CT molecular complexity index is 1120. The normalized spacial score (nSPS) is 18.0. The molecule has 3 aromatic rings. The molecule has 0 bridgehead atoms. The molecule has 1 aliphatic rings. The lowest BCUT2D eigenvalue weighted by atomic mass is 10.0. The van der Waals surface area contributed by atoms with Crippen LogP contribution in [0.4, 0.5) is 0 Å². The molecule has 2 aromatic heterocycles. The predicted octanol–water partition coefficient (Wildman–Crippen LogP) is 5.23. The zero-order valence-electron chi connectivity index (χ0n) is 17.9. The second-order valence-corrected chi connectivity index (χ2v) is 8.41. The molecule has 0 aliphatic carbocycles. The fourth-order valence-corrected chi connectivity index (χ4v) is 4.49. The number of furan rings is 1. The van der Waals surface area contributed by atoms with E-state index in [2.05, 4.69) is 15.2 Å². The lowest BCUT2D eigenvalue weighted by Crippen LogP contribution is -2.30. The highest BCUT2D eigenvalue weighted by Crippen LogP contribution is 2.41. The van der Waals surface area contributed by atoms with Gasteiger partial charge < -0.3 is 19.4 Å². The molecule has 6 nitrogen and oxygen atoms in total. The Balaban J connectivity index is 1.67. The van der Waals surface area contributed by atoms with E-state index >= 15 is 0 Å². The van der Waals surface area contributed by atoms with E-state index in [-0.39, 0.29) is 18.1 Å². The van der Waals surface area contributed by atoms with Crippen LogP contribution in [0.5, 0.6) is 0 Å². The summed E-state index contributed by atoms with van der Waals surface area (Å²) in [7, 11) is 1.40. The van der Waals surface area contributed by atoms with Crippen molar-refractivity contribution in [2.24, 2.45) is 0 Å². The monoisotopic (exact) mass is 469 g/mol. The van der Waals surface area contributed by atoms with Gasteiger partial charge in [-0.15, -0.1) is 0 Å². The highest BCUT2D eigenvalue weighted by Gasteiger charge is 2.41. The van der Waals surface area contributed by atoms with Gasteiger partial charge in [-0.1, -0.05) is 29.8 Å². The molecular weight excluding hydrogens is 446 g/mol. The molecule has 1 aromatic carbocycles. The number of halogens is 1. The number of nitrogens with zero attached hydrogens (tertiary/aromatic N) is 2. The van der Waals surface area contributed by atoms with Crippen molar-refractivity contribution < 1.29 is 13.9 Å². The average molecular weight is 470 g/mol. The van der Waals surface area contributed by atoms with Crippen LogP contribution in [0.2, 0.25) is 5.02 Å². The number of hydrogen-bond acceptors (Lipinski definition) is 5. The standard InChI is InChI=1S/C24H24ClN3O3S/c1-15-16(7-5-8-17(15)25)19-11-12-20(31-19)23-22(18-9-3-4-13-26-18)27-24(32)28(23)14-6-10-21(29)30-2/h3-5,7-9,11-13,22-23H,6,10,14H2,1-2H3,(H,27,32)/t22-,23-/m0/s1. The van der Waals surface area contributed by atoms with Crippen LogP contribution >= 0.6 is 23.8 Å². The summed E-state index contributed by atoms with van der Waals surface area (Å²) in [5.41, 5.74) is 2.78. The van der Waals surface area contributed by atoms with Gasteiger partial charge in [0, 0.05) is 29.7 Å². The number of thiocarbonyl (C=S) groups is 1. The molecule has 0 radical (unpaired) electrons. The molecule has 166 valence electrons. The predicted molar refractivity (Wildman–Crippen MR) is 127 cm³/mol. The van der Waals surface area contributed by atoms with E-state index in [0.717, 1.165) is 28.3 Å². The third-order valence-corrected chi connectivity index (χ3v) is 6.42. The third kappa shape index (κ3) is 4.49. The van der Waals surface area contributed by atoms with Crippen molar-refractivity contribution in [2.75, 3.05) is 13.7 Å². The fourth-order valence-electron chi connectivity index (χ4n) is 3.98. The van der Waals surface area contributed by atoms with Crippen LogP contribution in [0, 0.1) is 6.92 Å². The molecule has 4 rings (SSSR count). The Morgan fingerprint density at radius 3 is 2.84 bits per heavy atom. The second-order valence-electron chi connectivity index (χ2n) is 7.61. The van der Waals surface area contributed by atoms with Gasteiger partial charge in [0.1, 0.15) is 17.6 Å². The van der Waals surface area contributed by atoms with E-state index < -0.39 is 0 Å². The van der Waals surface area contributed by atoms with E-state index in [1.165, 1.54) is 7.11 Å². The van der Waals surface area contributed by atoms with Gasteiger partial charge in [0.05, 0.1) is 18.8 Å². The van der Waals surface area contributed by atoms with Gasteiger partial charge in [-0.2, -0.15) is 0 Å². The topological polar surface area (TPSA) is 67.6 Å². The Hall–Kier alpha value is -2.90. The van der Waals surface area contributed by atoms with Crippen molar-refractivity contribution in [1.29, 1.82) is 0 Å². The van der Waals surface area contributed by atoms with E-state index in [0.29, 0.717) is 29.5 Å². The molecule has 0 unspecified atom stereocenters. The van der Waals surface area contributed by atoms with Gasteiger partial charge in [-0.05, 0) is 61.5 Å². The molecule has 8 heteroatoms. The number of esters is 1. The van der Waals surface area contributed by atoms with E-state index in [9.17, 15) is 4.79 Å². The van der Waals surface area contributed by atoms with Gasteiger partial charge in [0.25, 0.3) is 0 Å². The molecule has 1 aliphatic heterocycles. The minimum atomic E-state index is -0.238. The minimum absolute atomic E-state index is 0.179. The lowest BCUT2D eigenvalue weighted by Gasteiger charge is -2.26. The van der Waals surface area contributed by atoms with Gasteiger partial charge >= 0.3 is 5.97 Å². The number of carbonyl (C=O) groups is 1. The molecule has 0 saturated carbocycles. The van der Waals surface area contributed by atoms with Crippen molar-refractivity contribution in [3.05, 3.63) is 76.8 Å². The first-order chi connectivity index (χ1) is 15.5. The van der Waals surface area contributed by atoms with Gasteiger partial charge in [0.2, 0.25) is 0 Å². The van der Waals surface area contributed by atoms with Crippen molar-refractivity contribution in [3.63, 3.8) is 0 Å². The third-order valence-electron chi connectivity index (χ3n) is 5.66. The summed E-state index contributed by atoms with van der Waals surface area (Å²) >= 11 is 12.0. The molecular formula is C24H24ClN3O3S. The Labute approximate surface area is 197 Å². The number of hydrogen-bond donors (Lipinski definition) is 1. The summed E-state index contributed by atoms with van der Waals surface area (Å²) in [6.45, 7) is 2.56. The first-order valence-electron chi connectivity index (χ1n) is 10.4. The maximum absolute atomic E-state index is 11.6. The average Bonchev–Trinajstić information content (AvgIpc) is 3.41. The first-order valence-corrected chi connectivity index (χ1v) is 11.2. The number of nitrogens with one attached hydrogen (secondary N) is 1. The Kier molecular flexibility index (Phi) is 6.77. The number of pyridine rings is 1. The summed E-state index contributed by atoms with van der Waals surface area (Å²) < 4.78 is 11.1. The summed E-state index contributed by atoms with van der Waals surface area (Å²) in [5.74, 6) is 1.27. The zero-order valence-corrected chi connectivity index (χ0v) is 19.4. The van der Waals surface area contributed by atoms with Crippen molar-refractivity contribution in [2.45, 2.75) is 31.8 Å². The molecule has 0 spiro atoms. The molecule has 1 fully saturated rings. The number of benzene rings is 1. The van der Waals surface area contributed by atoms with Crippen LogP contribution in [0.25, 0.3) is 11.3 Å². The summed E-state index contributed by atoms with van der Waals surface area (Å²) in [4.78, 5) is 18.2. The van der Waals surface area contributed by atoms with Crippen LogP contribution < -0.4 is 5.32 Å². The zero-order chi connectivity index (χ0) is 22.7. The maximum Gasteiger partial charge on any atom is 0.305 e. The highest BCUT2D eigenvalue weighted by molar-refractivity contribution is 7.80.